The van der Waals surface area contributed by atoms with E-state index in [0.717, 1.165) is 6.54 Å². The lowest BCUT2D eigenvalue weighted by atomic mass is 10.1. The molecular weight excluding hydrogens is 272 g/mol. The van der Waals surface area contributed by atoms with Crippen LogP contribution in [0.25, 0.3) is 10.9 Å². The Morgan fingerprint density at radius 2 is 2.10 bits per heavy atom. The highest BCUT2D eigenvalue weighted by Gasteiger charge is 2.15. The number of carboxylic acid groups (broad SMARTS) is 1. The summed E-state index contributed by atoms with van der Waals surface area (Å²) in [6.45, 7) is 1.23. The fourth-order valence-electron chi connectivity index (χ4n) is 2.14. The molecule has 0 aliphatic carbocycles. The molecule has 0 fully saturated rings. The molecule has 0 amide bonds. The maximum Gasteiger partial charge on any atom is 0.341 e. The minimum absolute atomic E-state index is 0.240. The summed E-state index contributed by atoms with van der Waals surface area (Å²) >= 11 is 0. The number of aromatic nitrogens is 1. The van der Waals surface area contributed by atoms with Gasteiger partial charge in [0.05, 0.1) is 10.9 Å². The Morgan fingerprint density at radius 1 is 1.38 bits per heavy atom. The van der Waals surface area contributed by atoms with E-state index in [-0.39, 0.29) is 5.56 Å². The highest BCUT2D eigenvalue weighted by atomic mass is 16.5. The summed E-state index contributed by atoms with van der Waals surface area (Å²) in [5.41, 5.74) is -0.129. The molecule has 6 heteroatoms. The second-order valence-corrected chi connectivity index (χ2v) is 5.09. The summed E-state index contributed by atoms with van der Waals surface area (Å²) in [6.07, 6.45) is 1.33. The van der Waals surface area contributed by atoms with E-state index < -0.39 is 11.4 Å². The number of fused-ring (bicyclic) bond motifs is 1. The average molecular weight is 290 g/mol. The van der Waals surface area contributed by atoms with Crippen LogP contribution in [-0.2, 0) is 7.05 Å². The third-order valence-electron chi connectivity index (χ3n) is 3.19. The van der Waals surface area contributed by atoms with E-state index in [1.54, 1.807) is 29.8 Å². The Kier molecular flexibility index (Phi) is 4.28. The maximum absolute atomic E-state index is 12.2. The largest absolute Gasteiger partial charge is 0.490 e. The summed E-state index contributed by atoms with van der Waals surface area (Å²) in [7, 11) is 5.59. The van der Waals surface area contributed by atoms with Crippen LogP contribution in [0.2, 0.25) is 0 Å². The number of para-hydroxylation sites is 1. The van der Waals surface area contributed by atoms with Gasteiger partial charge in [0, 0.05) is 19.8 Å². The van der Waals surface area contributed by atoms with Gasteiger partial charge >= 0.3 is 5.97 Å². The van der Waals surface area contributed by atoms with Gasteiger partial charge in [-0.1, -0.05) is 6.07 Å². The number of likely N-dealkylation sites (N-methyl/N-ethyl adjacent to an activating group) is 1. The number of hydrogen-bond donors (Lipinski definition) is 1. The molecule has 0 spiro atoms. The van der Waals surface area contributed by atoms with Crippen molar-refractivity contribution in [3.8, 4) is 5.75 Å². The van der Waals surface area contributed by atoms with Crippen molar-refractivity contribution in [3.63, 3.8) is 0 Å². The molecule has 1 aromatic carbocycles. The molecular formula is C15H18N2O4. The monoisotopic (exact) mass is 290 g/mol. The van der Waals surface area contributed by atoms with Crippen LogP contribution in [0.1, 0.15) is 10.4 Å². The van der Waals surface area contributed by atoms with Crippen LogP contribution in [0.3, 0.4) is 0 Å². The van der Waals surface area contributed by atoms with Gasteiger partial charge in [-0.2, -0.15) is 0 Å². The van der Waals surface area contributed by atoms with Crippen molar-refractivity contribution in [1.82, 2.24) is 9.47 Å². The molecule has 0 radical (unpaired) electrons. The summed E-state index contributed by atoms with van der Waals surface area (Å²) in [4.78, 5) is 25.3. The Bertz CT molecular complexity index is 734. The first-order chi connectivity index (χ1) is 9.91. The van der Waals surface area contributed by atoms with Crippen LogP contribution < -0.4 is 10.2 Å². The normalized spacial score (nSPS) is 11.0. The Morgan fingerprint density at radius 3 is 2.71 bits per heavy atom. The SMILES string of the molecule is CN(C)CCOc1cccc2c(=O)c(C(=O)O)cn(C)c12. The predicted octanol–water partition coefficient (Wildman–Crippen LogP) is 1.18. The molecule has 0 atom stereocenters. The number of carbonyl (C=O) groups is 1. The van der Waals surface area contributed by atoms with E-state index in [2.05, 4.69) is 0 Å². The maximum atomic E-state index is 12.2. The van der Waals surface area contributed by atoms with Crippen molar-refractivity contribution in [2.45, 2.75) is 0 Å². The summed E-state index contributed by atoms with van der Waals surface area (Å²) in [5, 5.41) is 9.42. The van der Waals surface area contributed by atoms with Crippen molar-refractivity contribution in [2.75, 3.05) is 27.2 Å². The number of pyridine rings is 1. The van der Waals surface area contributed by atoms with E-state index in [0.29, 0.717) is 23.3 Å². The van der Waals surface area contributed by atoms with Crippen molar-refractivity contribution < 1.29 is 14.6 Å². The average Bonchev–Trinajstić information content (AvgIpc) is 2.42. The number of aromatic carboxylic acids is 1. The van der Waals surface area contributed by atoms with Crippen LogP contribution in [0, 0.1) is 0 Å². The standard InChI is InChI=1S/C15H18N2O4/c1-16(2)7-8-21-12-6-4-5-10-13(12)17(3)9-11(14(10)18)15(19)20/h4-6,9H,7-8H2,1-3H3,(H,19,20). The highest BCUT2D eigenvalue weighted by molar-refractivity contribution is 5.94. The van der Waals surface area contributed by atoms with Crippen molar-refractivity contribution >= 4 is 16.9 Å². The van der Waals surface area contributed by atoms with Gasteiger partial charge in [0.2, 0.25) is 5.43 Å². The summed E-state index contributed by atoms with van der Waals surface area (Å²) in [6, 6.07) is 5.08. The molecule has 0 unspecified atom stereocenters. The van der Waals surface area contributed by atoms with Gasteiger partial charge in [-0.3, -0.25) is 4.79 Å². The van der Waals surface area contributed by atoms with Gasteiger partial charge < -0.3 is 19.3 Å². The predicted molar refractivity (Wildman–Crippen MR) is 80.2 cm³/mol. The van der Waals surface area contributed by atoms with Gasteiger partial charge in [0.1, 0.15) is 17.9 Å². The lowest BCUT2D eigenvalue weighted by molar-refractivity contribution is 0.0695. The van der Waals surface area contributed by atoms with Crippen LogP contribution >= 0.6 is 0 Å². The van der Waals surface area contributed by atoms with Gasteiger partial charge in [-0.15, -0.1) is 0 Å². The number of carboxylic acids is 1. The molecule has 6 nitrogen and oxygen atoms in total. The molecule has 1 aromatic heterocycles. The lowest BCUT2D eigenvalue weighted by Crippen LogP contribution is -2.21. The van der Waals surface area contributed by atoms with E-state index in [1.807, 2.05) is 19.0 Å². The second kappa shape index (κ2) is 5.97. The minimum atomic E-state index is -1.23. The smallest absolute Gasteiger partial charge is 0.341 e. The first kappa shape index (κ1) is 15.1. The topological polar surface area (TPSA) is 71.8 Å². The van der Waals surface area contributed by atoms with Gasteiger partial charge in [0.15, 0.2) is 0 Å². The van der Waals surface area contributed by atoms with E-state index >= 15 is 0 Å². The molecule has 0 saturated heterocycles. The van der Waals surface area contributed by atoms with Gasteiger partial charge in [0.25, 0.3) is 0 Å². The minimum Gasteiger partial charge on any atom is -0.490 e. The molecule has 1 heterocycles. The molecule has 2 aromatic rings. The number of hydrogen-bond acceptors (Lipinski definition) is 4. The molecule has 2 rings (SSSR count). The summed E-state index contributed by atoms with van der Waals surface area (Å²) < 4.78 is 7.33. The van der Waals surface area contributed by atoms with E-state index in [1.165, 1.54) is 6.20 Å². The van der Waals surface area contributed by atoms with Crippen LogP contribution in [0.4, 0.5) is 0 Å². The molecule has 21 heavy (non-hydrogen) atoms. The Labute approximate surface area is 122 Å². The number of benzene rings is 1. The number of nitrogens with zero attached hydrogens (tertiary/aromatic N) is 2. The molecule has 0 aliphatic rings. The van der Waals surface area contributed by atoms with E-state index in [9.17, 15) is 9.59 Å². The first-order valence-corrected chi connectivity index (χ1v) is 6.55. The van der Waals surface area contributed by atoms with Gasteiger partial charge in [-0.25, -0.2) is 4.79 Å². The van der Waals surface area contributed by atoms with Crippen LogP contribution in [0.15, 0.2) is 29.2 Å². The zero-order valence-corrected chi connectivity index (χ0v) is 12.3. The van der Waals surface area contributed by atoms with Crippen LogP contribution in [-0.4, -0.2) is 47.8 Å². The molecule has 0 aliphatic heterocycles. The zero-order valence-electron chi connectivity index (χ0n) is 12.3. The fraction of sp³-hybridized carbons (Fsp3) is 0.333. The quantitative estimate of drug-likeness (QED) is 0.895. The molecule has 112 valence electrons. The third kappa shape index (κ3) is 3.05. The lowest BCUT2D eigenvalue weighted by Gasteiger charge is -2.14. The fourth-order valence-corrected chi connectivity index (χ4v) is 2.14. The number of ether oxygens (including phenoxy) is 1. The Balaban J connectivity index is 2.52. The highest BCUT2D eigenvalue weighted by Crippen LogP contribution is 2.23. The number of rotatable bonds is 5. The second-order valence-electron chi connectivity index (χ2n) is 5.09. The molecule has 1 N–H and O–H groups in total. The Hall–Kier alpha value is -2.34. The van der Waals surface area contributed by atoms with Gasteiger partial charge in [-0.05, 0) is 26.2 Å². The van der Waals surface area contributed by atoms with Crippen molar-refractivity contribution in [2.24, 2.45) is 7.05 Å². The third-order valence-corrected chi connectivity index (χ3v) is 3.19. The number of aryl methyl sites for hydroxylation is 1. The zero-order chi connectivity index (χ0) is 15.6. The van der Waals surface area contributed by atoms with Crippen molar-refractivity contribution in [3.05, 3.63) is 40.2 Å². The van der Waals surface area contributed by atoms with Crippen LogP contribution in [0.5, 0.6) is 5.75 Å². The first-order valence-electron chi connectivity index (χ1n) is 6.55. The van der Waals surface area contributed by atoms with Crippen molar-refractivity contribution in [1.29, 1.82) is 0 Å². The molecule has 0 saturated carbocycles. The molecule has 0 bridgehead atoms. The summed E-state index contributed by atoms with van der Waals surface area (Å²) in [5.74, 6) is -0.651. The van der Waals surface area contributed by atoms with E-state index in [4.69, 9.17) is 9.84 Å².